The largest absolute Gasteiger partial charge is 0.337 e. The van der Waals surface area contributed by atoms with E-state index in [2.05, 4.69) is 126 Å². The summed E-state index contributed by atoms with van der Waals surface area (Å²) in [5.41, 5.74) is 11.0. The van der Waals surface area contributed by atoms with Crippen molar-refractivity contribution in [2.45, 2.75) is 12.0 Å². The first-order valence-corrected chi connectivity index (χ1v) is 14.4. The maximum atomic E-state index is 9.61. The Labute approximate surface area is 252 Å². The van der Waals surface area contributed by atoms with Crippen LogP contribution in [0.15, 0.2) is 151 Å². The first-order valence-electron chi connectivity index (χ1n) is 14.4. The number of hydrogen-bond acceptors (Lipinski definition) is 4. The number of rotatable bonds is 3. The molecule has 7 rings (SSSR count). The van der Waals surface area contributed by atoms with Crippen LogP contribution in [-0.4, -0.2) is 12.6 Å². The molecule has 2 heterocycles. The predicted octanol–water partition coefficient (Wildman–Crippen LogP) is 9.15. The maximum Gasteiger partial charge on any atom is 0.0991 e. The van der Waals surface area contributed by atoms with E-state index in [1.807, 2.05) is 36.4 Å². The van der Waals surface area contributed by atoms with E-state index < -0.39 is 0 Å². The fraction of sp³-hybridized carbons (Fsp3) is 0.0769. The van der Waals surface area contributed by atoms with Gasteiger partial charge in [-0.25, -0.2) is 0 Å². The van der Waals surface area contributed by atoms with Gasteiger partial charge in [0.25, 0.3) is 0 Å². The smallest absolute Gasteiger partial charge is 0.0991 e. The number of allylic oxidation sites excluding steroid dienone is 6. The van der Waals surface area contributed by atoms with Gasteiger partial charge in [-0.15, -0.1) is 0 Å². The van der Waals surface area contributed by atoms with Crippen molar-refractivity contribution >= 4 is 28.3 Å². The molecule has 1 aliphatic carbocycles. The highest BCUT2D eigenvalue weighted by Gasteiger charge is 2.38. The summed E-state index contributed by atoms with van der Waals surface area (Å²) < 4.78 is 0. The van der Waals surface area contributed by atoms with E-state index in [-0.39, 0.29) is 12.0 Å². The fourth-order valence-electron chi connectivity index (χ4n) is 6.41. The van der Waals surface area contributed by atoms with Crippen molar-refractivity contribution < 1.29 is 0 Å². The number of benzene rings is 4. The third kappa shape index (κ3) is 4.66. The molecule has 4 aromatic rings. The van der Waals surface area contributed by atoms with Crippen LogP contribution < -0.4 is 9.80 Å². The van der Waals surface area contributed by atoms with Crippen LogP contribution in [0, 0.1) is 22.7 Å². The molecule has 4 heteroatoms. The Kier molecular flexibility index (Phi) is 6.59. The molecular weight excluding hydrogens is 524 g/mol. The average Bonchev–Trinajstić information content (AvgIpc) is 3.42. The van der Waals surface area contributed by atoms with Crippen molar-refractivity contribution in [2.24, 2.45) is 0 Å². The highest BCUT2D eigenvalue weighted by Crippen LogP contribution is 2.48. The Balaban J connectivity index is 1.27. The Morgan fingerprint density at radius 3 is 2.21 bits per heavy atom. The lowest BCUT2D eigenvalue weighted by Crippen LogP contribution is -2.29. The molecule has 2 aliphatic heterocycles. The van der Waals surface area contributed by atoms with Crippen LogP contribution in [-0.2, 0) is 0 Å². The maximum absolute atomic E-state index is 9.61. The van der Waals surface area contributed by atoms with E-state index in [0.29, 0.717) is 17.7 Å². The third-order valence-corrected chi connectivity index (χ3v) is 8.38. The summed E-state index contributed by atoms with van der Waals surface area (Å²) in [5, 5.41) is 19.2. The van der Waals surface area contributed by atoms with E-state index in [9.17, 15) is 10.5 Å². The van der Waals surface area contributed by atoms with Gasteiger partial charge in [0, 0.05) is 46.3 Å². The normalized spacial score (nSPS) is 20.6. The van der Waals surface area contributed by atoms with Crippen molar-refractivity contribution in [2.75, 3.05) is 16.3 Å². The lowest BCUT2D eigenvalue weighted by molar-refractivity contribution is 0.741. The van der Waals surface area contributed by atoms with Gasteiger partial charge >= 0.3 is 0 Å². The zero-order valence-corrected chi connectivity index (χ0v) is 23.6. The molecule has 2 atom stereocenters. The van der Waals surface area contributed by atoms with E-state index >= 15 is 0 Å². The topological polar surface area (TPSA) is 54.1 Å². The van der Waals surface area contributed by atoms with Crippen LogP contribution >= 0.6 is 0 Å². The van der Waals surface area contributed by atoms with Gasteiger partial charge in [-0.1, -0.05) is 85.5 Å². The molecule has 0 radical (unpaired) electrons. The summed E-state index contributed by atoms with van der Waals surface area (Å²) in [6.45, 7) is 4.89. The zero-order valence-electron chi connectivity index (χ0n) is 23.6. The summed E-state index contributed by atoms with van der Waals surface area (Å²) in [6, 6.07) is 38.7. The number of nitriles is 2. The molecule has 0 bridgehead atoms. The van der Waals surface area contributed by atoms with Crippen molar-refractivity contribution in [3.63, 3.8) is 0 Å². The summed E-state index contributed by atoms with van der Waals surface area (Å²) in [5.74, 6) is 0.137. The molecule has 2 unspecified atom stereocenters. The molecule has 0 fully saturated rings. The van der Waals surface area contributed by atoms with Gasteiger partial charge in [-0.05, 0) is 76.9 Å². The Morgan fingerprint density at radius 1 is 0.721 bits per heavy atom. The van der Waals surface area contributed by atoms with Crippen molar-refractivity contribution in [3.8, 4) is 23.3 Å². The van der Waals surface area contributed by atoms with Crippen LogP contribution in [0.5, 0.6) is 0 Å². The molecule has 4 aromatic carbocycles. The number of nitrogens with zero attached hydrogens (tertiary/aromatic N) is 4. The molecule has 4 nitrogen and oxygen atoms in total. The molecule has 43 heavy (non-hydrogen) atoms. The zero-order chi connectivity index (χ0) is 29.3. The van der Waals surface area contributed by atoms with Gasteiger partial charge < -0.3 is 9.80 Å². The van der Waals surface area contributed by atoms with Crippen LogP contribution in [0.2, 0.25) is 0 Å². The third-order valence-electron chi connectivity index (χ3n) is 8.38. The Bertz CT molecular complexity index is 1980. The predicted molar refractivity (Wildman–Crippen MR) is 175 cm³/mol. The molecule has 0 N–H and O–H groups in total. The van der Waals surface area contributed by atoms with E-state index in [0.717, 1.165) is 39.3 Å². The van der Waals surface area contributed by atoms with E-state index in [1.165, 1.54) is 11.3 Å². The van der Waals surface area contributed by atoms with Gasteiger partial charge in [0.1, 0.15) is 0 Å². The second kappa shape index (κ2) is 10.9. The molecule has 0 saturated carbocycles. The number of anilines is 4. The van der Waals surface area contributed by atoms with Crippen LogP contribution in [0.4, 0.5) is 22.7 Å². The van der Waals surface area contributed by atoms with Gasteiger partial charge in [-0.2, -0.15) is 10.5 Å². The van der Waals surface area contributed by atoms with Crippen LogP contribution in [0.25, 0.3) is 16.7 Å². The highest BCUT2D eigenvalue weighted by molar-refractivity contribution is 5.86. The molecule has 0 amide bonds. The number of fused-ring (bicyclic) bond motifs is 4. The van der Waals surface area contributed by atoms with Crippen molar-refractivity contribution in [1.29, 1.82) is 10.5 Å². The van der Waals surface area contributed by atoms with Crippen LogP contribution in [0.1, 0.15) is 17.0 Å². The first kappa shape index (κ1) is 26.1. The van der Waals surface area contributed by atoms with Crippen LogP contribution in [0.3, 0.4) is 0 Å². The standard InChI is InChI=1S/C39H28N4/c1-27-21-28(25-40)9-8-20-42(37-16-4-2-14-34(27)37)32-12-6-10-30(23-32)31-11-7-13-33(24-31)43-38-17-5-3-15-35(38)36-22-29(26-41)18-19-39(36)43/h2-19,21-24,36,39H,1,20H2/b9-8-,28-21+. The summed E-state index contributed by atoms with van der Waals surface area (Å²) in [4.78, 5) is 4.66. The summed E-state index contributed by atoms with van der Waals surface area (Å²) >= 11 is 0. The first-order chi connectivity index (χ1) is 21.1. The van der Waals surface area contributed by atoms with E-state index in [1.54, 1.807) is 0 Å². The van der Waals surface area contributed by atoms with Gasteiger partial charge in [0.2, 0.25) is 0 Å². The molecule has 0 aromatic heterocycles. The molecule has 3 aliphatic rings. The second-order valence-corrected chi connectivity index (χ2v) is 10.9. The highest BCUT2D eigenvalue weighted by atomic mass is 15.2. The number of para-hydroxylation sites is 2. The molecular formula is C39H28N4. The van der Waals surface area contributed by atoms with Gasteiger partial charge in [0.15, 0.2) is 0 Å². The van der Waals surface area contributed by atoms with Gasteiger partial charge in [0.05, 0.1) is 23.8 Å². The minimum absolute atomic E-state index is 0.115. The van der Waals surface area contributed by atoms with E-state index in [4.69, 9.17) is 0 Å². The second-order valence-electron chi connectivity index (χ2n) is 10.9. The van der Waals surface area contributed by atoms with Crippen molar-refractivity contribution in [1.82, 2.24) is 0 Å². The monoisotopic (exact) mass is 552 g/mol. The lowest BCUT2D eigenvalue weighted by Gasteiger charge is -2.29. The molecule has 0 spiro atoms. The lowest BCUT2D eigenvalue weighted by atomic mass is 9.89. The minimum Gasteiger partial charge on any atom is -0.337 e. The molecule has 204 valence electrons. The van der Waals surface area contributed by atoms with Gasteiger partial charge in [-0.3, -0.25) is 0 Å². The summed E-state index contributed by atoms with van der Waals surface area (Å²) in [7, 11) is 0. The SMILES string of the molecule is C=C1/C=C(C#N)\C=C/CN(c2cccc(-c3cccc(N4c5ccccc5C5C=C(C#N)C=CC54)c3)c2)c2ccccc21. The summed E-state index contributed by atoms with van der Waals surface area (Å²) in [6.07, 6.45) is 11.9. The average molecular weight is 553 g/mol. The molecule has 0 saturated heterocycles. The fourth-order valence-corrected chi connectivity index (χ4v) is 6.41. The Morgan fingerprint density at radius 2 is 1.42 bits per heavy atom. The quantitative estimate of drug-likeness (QED) is 0.254. The Hall–Kier alpha value is -5.84. The van der Waals surface area contributed by atoms with Crippen molar-refractivity contribution in [3.05, 3.63) is 162 Å². The minimum atomic E-state index is 0.115. The number of hydrogen-bond donors (Lipinski definition) is 0.